The zero-order valence-electron chi connectivity index (χ0n) is 14.5. The minimum Gasteiger partial charge on any atom is -0.478 e. The van der Waals surface area contributed by atoms with Crippen LogP contribution in [0.25, 0.3) is 0 Å². The lowest BCUT2D eigenvalue weighted by molar-refractivity contribution is 0.0697. The van der Waals surface area contributed by atoms with Crippen LogP contribution in [-0.4, -0.2) is 17.8 Å². The molecular formula is C19H31BO2. The van der Waals surface area contributed by atoms with Gasteiger partial charge in [0.2, 0.25) is 0 Å². The van der Waals surface area contributed by atoms with Crippen LogP contribution in [0, 0.1) is 6.92 Å². The van der Waals surface area contributed by atoms with Gasteiger partial charge in [-0.05, 0) is 30.9 Å². The van der Waals surface area contributed by atoms with E-state index in [9.17, 15) is 9.90 Å². The minimum absolute atomic E-state index is 0.418. The van der Waals surface area contributed by atoms with Crippen molar-refractivity contribution in [1.82, 2.24) is 0 Å². The molecule has 0 atom stereocenters. The molecule has 0 saturated heterocycles. The third kappa shape index (κ3) is 6.68. The lowest BCUT2D eigenvalue weighted by Crippen LogP contribution is -2.17. The fourth-order valence-electron chi connectivity index (χ4n) is 3.05. The summed E-state index contributed by atoms with van der Waals surface area (Å²) in [5.41, 5.74) is 2.86. The van der Waals surface area contributed by atoms with Crippen molar-refractivity contribution >= 4 is 12.7 Å². The molecule has 1 aromatic carbocycles. The average Bonchev–Trinajstić information content (AvgIpc) is 2.49. The Bertz CT molecular complexity index is 447. The first kappa shape index (κ1) is 18.8. The largest absolute Gasteiger partial charge is 0.478 e. The lowest BCUT2D eigenvalue weighted by Gasteiger charge is -2.15. The fraction of sp³-hybridized carbons (Fsp3) is 0.632. The number of unbranched alkanes of at least 4 members (excludes halogenated alkanes) is 4. The lowest BCUT2D eigenvalue weighted by atomic mass is 9.40. The van der Waals surface area contributed by atoms with Gasteiger partial charge < -0.3 is 5.11 Å². The second kappa shape index (κ2) is 10.5. The molecule has 0 aliphatic carbocycles. The van der Waals surface area contributed by atoms with Gasteiger partial charge in [0, 0.05) is 0 Å². The second-order valence-corrected chi connectivity index (χ2v) is 6.51. The second-order valence-electron chi connectivity index (χ2n) is 6.51. The standard InChI is InChI=1S/C19H31BO2/c1-4-6-8-12-20(13-9-7-5-2)15-18-14-17(19(21)22)11-10-16(18)3/h10-11,14H,4-9,12-13,15H2,1-3H3,(H,21,22). The molecule has 0 spiro atoms. The van der Waals surface area contributed by atoms with Crippen molar-refractivity contribution in [3.63, 3.8) is 0 Å². The Labute approximate surface area is 136 Å². The van der Waals surface area contributed by atoms with Gasteiger partial charge in [-0.2, -0.15) is 0 Å². The van der Waals surface area contributed by atoms with E-state index in [1.165, 1.54) is 62.3 Å². The number of benzene rings is 1. The summed E-state index contributed by atoms with van der Waals surface area (Å²) < 4.78 is 0. The molecule has 0 heterocycles. The van der Waals surface area contributed by atoms with E-state index in [-0.39, 0.29) is 0 Å². The van der Waals surface area contributed by atoms with Crippen LogP contribution in [0.1, 0.15) is 73.9 Å². The number of hydrogen-bond acceptors (Lipinski definition) is 1. The van der Waals surface area contributed by atoms with Gasteiger partial charge in [0.15, 0.2) is 0 Å². The van der Waals surface area contributed by atoms with Crippen LogP contribution >= 0.6 is 0 Å². The van der Waals surface area contributed by atoms with E-state index in [4.69, 9.17) is 0 Å². The summed E-state index contributed by atoms with van der Waals surface area (Å²) in [6.07, 6.45) is 11.3. The average molecular weight is 302 g/mol. The third-order valence-corrected chi connectivity index (χ3v) is 4.54. The highest BCUT2D eigenvalue weighted by Crippen LogP contribution is 2.19. The van der Waals surface area contributed by atoms with Crippen LogP contribution in [0.5, 0.6) is 0 Å². The highest BCUT2D eigenvalue weighted by atomic mass is 16.4. The first-order chi connectivity index (χ1) is 10.6. The van der Waals surface area contributed by atoms with E-state index in [1.54, 1.807) is 6.07 Å². The molecule has 1 rings (SSSR count). The molecule has 22 heavy (non-hydrogen) atoms. The SMILES string of the molecule is CCCCCB(CCCCC)Cc1cc(C(=O)O)ccc1C. The summed E-state index contributed by atoms with van der Waals surface area (Å²) in [5, 5.41) is 9.18. The fourth-order valence-corrected chi connectivity index (χ4v) is 3.05. The van der Waals surface area contributed by atoms with Crippen LogP contribution in [0.2, 0.25) is 12.6 Å². The highest BCUT2D eigenvalue weighted by Gasteiger charge is 2.16. The molecule has 122 valence electrons. The maximum absolute atomic E-state index is 11.2. The minimum atomic E-state index is -0.824. The van der Waals surface area contributed by atoms with Crippen LogP contribution in [0.3, 0.4) is 0 Å². The Hall–Kier alpha value is -1.25. The van der Waals surface area contributed by atoms with E-state index >= 15 is 0 Å². The molecule has 0 radical (unpaired) electrons. The molecule has 0 saturated carbocycles. The Morgan fingerprint density at radius 3 is 2.14 bits per heavy atom. The first-order valence-corrected chi connectivity index (χ1v) is 8.91. The number of aromatic carboxylic acids is 1. The number of carboxylic acids is 1. The molecule has 0 aliphatic rings. The maximum Gasteiger partial charge on any atom is 0.335 e. The quantitative estimate of drug-likeness (QED) is 0.423. The molecule has 0 aromatic heterocycles. The van der Waals surface area contributed by atoms with Crippen molar-refractivity contribution in [2.45, 2.75) is 78.3 Å². The van der Waals surface area contributed by atoms with Crippen LogP contribution < -0.4 is 0 Å². The Kier molecular flexibility index (Phi) is 8.95. The molecule has 1 aromatic rings. The predicted molar refractivity (Wildman–Crippen MR) is 96.3 cm³/mol. The molecule has 0 fully saturated rings. The van der Waals surface area contributed by atoms with E-state index in [0.29, 0.717) is 12.3 Å². The molecule has 0 unspecified atom stereocenters. The van der Waals surface area contributed by atoms with Crippen molar-refractivity contribution in [2.24, 2.45) is 0 Å². The van der Waals surface area contributed by atoms with E-state index in [2.05, 4.69) is 20.8 Å². The first-order valence-electron chi connectivity index (χ1n) is 8.91. The van der Waals surface area contributed by atoms with Crippen LogP contribution in [0.15, 0.2) is 18.2 Å². The molecule has 0 aliphatic heterocycles. The van der Waals surface area contributed by atoms with Gasteiger partial charge in [0.25, 0.3) is 0 Å². The van der Waals surface area contributed by atoms with Gasteiger partial charge in [-0.15, -0.1) is 0 Å². The number of carbonyl (C=O) groups is 1. The summed E-state index contributed by atoms with van der Waals surface area (Å²) in [5.74, 6) is -0.824. The van der Waals surface area contributed by atoms with Gasteiger partial charge in [-0.1, -0.05) is 76.6 Å². The summed E-state index contributed by atoms with van der Waals surface area (Å²) in [6, 6.07) is 5.54. The van der Waals surface area contributed by atoms with Gasteiger partial charge in [0.1, 0.15) is 6.71 Å². The number of hydrogen-bond donors (Lipinski definition) is 1. The molecule has 3 heteroatoms. The van der Waals surface area contributed by atoms with Crippen molar-refractivity contribution in [3.05, 3.63) is 34.9 Å². The summed E-state index contributed by atoms with van der Waals surface area (Å²) >= 11 is 0. The van der Waals surface area contributed by atoms with Gasteiger partial charge in [-0.3, -0.25) is 0 Å². The van der Waals surface area contributed by atoms with Crippen molar-refractivity contribution in [2.75, 3.05) is 0 Å². The van der Waals surface area contributed by atoms with Crippen LogP contribution in [-0.2, 0) is 6.32 Å². The molecular weight excluding hydrogens is 271 g/mol. The van der Waals surface area contributed by atoms with Crippen molar-refractivity contribution < 1.29 is 9.90 Å². The third-order valence-electron chi connectivity index (χ3n) is 4.54. The topological polar surface area (TPSA) is 37.3 Å². The van der Waals surface area contributed by atoms with E-state index in [0.717, 1.165) is 6.32 Å². The summed E-state index contributed by atoms with van der Waals surface area (Å²) in [6.45, 7) is 7.27. The Morgan fingerprint density at radius 1 is 1.05 bits per heavy atom. The van der Waals surface area contributed by atoms with E-state index < -0.39 is 5.97 Å². The molecule has 0 amide bonds. The smallest absolute Gasteiger partial charge is 0.335 e. The highest BCUT2D eigenvalue weighted by molar-refractivity contribution is 6.58. The van der Waals surface area contributed by atoms with Crippen molar-refractivity contribution in [1.29, 1.82) is 0 Å². The van der Waals surface area contributed by atoms with E-state index in [1.807, 2.05) is 12.1 Å². The van der Waals surface area contributed by atoms with Crippen LogP contribution in [0.4, 0.5) is 0 Å². The maximum atomic E-state index is 11.2. The molecule has 2 nitrogen and oxygen atoms in total. The van der Waals surface area contributed by atoms with Gasteiger partial charge in [0.05, 0.1) is 5.56 Å². The predicted octanol–water partition coefficient (Wildman–Crippen LogP) is 5.65. The normalized spacial score (nSPS) is 10.7. The van der Waals surface area contributed by atoms with Crippen molar-refractivity contribution in [3.8, 4) is 0 Å². The zero-order chi connectivity index (χ0) is 16.4. The number of carboxylic acid groups (broad SMARTS) is 1. The molecule has 0 bridgehead atoms. The Morgan fingerprint density at radius 2 is 1.64 bits per heavy atom. The number of aryl methyl sites for hydroxylation is 1. The monoisotopic (exact) mass is 302 g/mol. The molecule has 1 N–H and O–H groups in total. The Balaban J connectivity index is 2.73. The zero-order valence-corrected chi connectivity index (χ0v) is 14.5. The summed E-state index contributed by atoms with van der Waals surface area (Å²) in [7, 11) is 0. The number of rotatable bonds is 11. The summed E-state index contributed by atoms with van der Waals surface area (Å²) in [4.78, 5) is 11.2. The van der Waals surface area contributed by atoms with Gasteiger partial charge in [-0.25, -0.2) is 4.79 Å². The van der Waals surface area contributed by atoms with Gasteiger partial charge >= 0.3 is 5.97 Å².